The highest BCUT2D eigenvalue weighted by atomic mass is 32.2. The summed E-state index contributed by atoms with van der Waals surface area (Å²) in [5.41, 5.74) is 7.65. The van der Waals surface area contributed by atoms with E-state index in [1.807, 2.05) is 19.1 Å². The average molecular weight is 298 g/mol. The molecule has 0 aliphatic heterocycles. The van der Waals surface area contributed by atoms with Gasteiger partial charge in [-0.1, -0.05) is 29.8 Å². The van der Waals surface area contributed by atoms with Gasteiger partial charge in [0, 0.05) is 12.8 Å². The highest BCUT2D eigenvalue weighted by molar-refractivity contribution is 7.92. The van der Waals surface area contributed by atoms with Crippen molar-refractivity contribution in [3.05, 3.63) is 35.4 Å². The Labute approximate surface area is 120 Å². The Morgan fingerprint density at radius 1 is 1.30 bits per heavy atom. The normalized spacial score (nSPS) is 13.8. The van der Waals surface area contributed by atoms with Crippen LogP contribution in [0.3, 0.4) is 0 Å². The van der Waals surface area contributed by atoms with E-state index in [0.717, 1.165) is 11.8 Å². The predicted molar refractivity (Wildman–Crippen MR) is 80.0 cm³/mol. The number of sulfone groups is 1. The van der Waals surface area contributed by atoms with Crippen molar-refractivity contribution in [3.63, 3.8) is 0 Å². The van der Waals surface area contributed by atoms with Gasteiger partial charge in [0.25, 0.3) is 0 Å². The fourth-order valence-electron chi connectivity index (χ4n) is 1.47. The summed E-state index contributed by atoms with van der Waals surface area (Å²) in [7, 11) is -3.25. The molecular weight excluding hydrogens is 276 g/mol. The zero-order valence-electron chi connectivity index (χ0n) is 12.3. The van der Waals surface area contributed by atoms with Gasteiger partial charge in [-0.2, -0.15) is 0 Å². The summed E-state index contributed by atoms with van der Waals surface area (Å²) in [4.78, 5) is 12.0. The van der Waals surface area contributed by atoms with E-state index in [9.17, 15) is 13.2 Å². The van der Waals surface area contributed by atoms with Crippen LogP contribution in [0.15, 0.2) is 24.3 Å². The maximum absolute atomic E-state index is 12.0. The van der Waals surface area contributed by atoms with Crippen molar-refractivity contribution < 1.29 is 13.2 Å². The Morgan fingerprint density at radius 2 is 1.80 bits per heavy atom. The first-order chi connectivity index (χ1) is 9.04. The van der Waals surface area contributed by atoms with Crippen LogP contribution >= 0.6 is 0 Å². The lowest BCUT2D eigenvalue weighted by Gasteiger charge is -2.23. The molecule has 0 saturated carbocycles. The number of benzene rings is 1. The molecule has 1 rings (SSSR count). The molecule has 0 bridgehead atoms. The number of aryl methyl sites for hydroxylation is 1. The summed E-state index contributed by atoms with van der Waals surface area (Å²) < 4.78 is 22.1. The molecule has 3 N–H and O–H groups in total. The zero-order valence-corrected chi connectivity index (χ0v) is 13.1. The number of nitrogens with one attached hydrogen (secondary N) is 1. The van der Waals surface area contributed by atoms with Crippen LogP contribution in [0.1, 0.15) is 31.0 Å². The van der Waals surface area contributed by atoms with Gasteiger partial charge in [0.2, 0.25) is 5.91 Å². The summed E-state index contributed by atoms with van der Waals surface area (Å²) in [6.07, 6.45) is 1.15. The monoisotopic (exact) mass is 298 g/mol. The Morgan fingerprint density at radius 3 is 2.25 bits per heavy atom. The number of amides is 1. The fraction of sp³-hybridized carbons (Fsp3) is 0.500. The van der Waals surface area contributed by atoms with Gasteiger partial charge in [-0.3, -0.25) is 4.79 Å². The van der Waals surface area contributed by atoms with Gasteiger partial charge in [0.15, 0.2) is 9.84 Å². The van der Waals surface area contributed by atoms with Crippen molar-refractivity contribution in [1.29, 1.82) is 0 Å². The summed E-state index contributed by atoms with van der Waals surface area (Å²) >= 11 is 0. The number of hydrogen-bond donors (Lipinski definition) is 2. The average Bonchev–Trinajstić information content (AvgIpc) is 2.34. The van der Waals surface area contributed by atoms with Gasteiger partial charge in [-0.25, -0.2) is 8.42 Å². The van der Waals surface area contributed by atoms with Crippen LogP contribution in [0, 0.1) is 6.92 Å². The lowest BCUT2D eigenvalue weighted by molar-refractivity contribution is -0.122. The second-order valence-corrected chi connectivity index (χ2v) is 8.29. The molecule has 112 valence electrons. The topological polar surface area (TPSA) is 89.3 Å². The largest absolute Gasteiger partial charge is 0.353 e. The van der Waals surface area contributed by atoms with Crippen LogP contribution in [0.5, 0.6) is 0 Å². The van der Waals surface area contributed by atoms with E-state index in [1.54, 1.807) is 26.0 Å². The second kappa shape index (κ2) is 5.93. The Bertz CT molecular complexity index is 577. The minimum Gasteiger partial charge on any atom is -0.353 e. The van der Waals surface area contributed by atoms with E-state index in [1.165, 1.54) is 0 Å². The third-order valence-corrected chi connectivity index (χ3v) is 5.56. The summed E-state index contributed by atoms with van der Waals surface area (Å²) in [6.45, 7) is 5.12. The van der Waals surface area contributed by atoms with Crippen LogP contribution in [-0.2, 0) is 14.6 Å². The van der Waals surface area contributed by atoms with E-state index in [4.69, 9.17) is 5.73 Å². The molecular formula is C14H22N2O3S. The number of carbonyl (C=O) groups is 1. The molecule has 6 heteroatoms. The van der Waals surface area contributed by atoms with Crippen LogP contribution in [0.2, 0.25) is 0 Å². The van der Waals surface area contributed by atoms with Gasteiger partial charge in [0.05, 0.1) is 4.75 Å². The van der Waals surface area contributed by atoms with Crippen molar-refractivity contribution in [3.8, 4) is 0 Å². The molecule has 0 aliphatic rings. The van der Waals surface area contributed by atoms with Crippen molar-refractivity contribution >= 4 is 15.7 Å². The molecule has 0 aliphatic carbocycles. The molecule has 0 heterocycles. The van der Waals surface area contributed by atoms with Gasteiger partial charge >= 0.3 is 0 Å². The molecule has 0 spiro atoms. The van der Waals surface area contributed by atoms with Crippen molar-refractivity contribution in [1.82, 2.24) is 5.32 Å². The number of carbonyl (C=O) groups excluding carboxylic acids is 1. The van der Waals surface area contributed by atoms with Crippen LogP contribution in [0.4, 0.5) is 0 Å². The van der Waals surface area contributed by atoms with Gasteiger partial charge in [0.1, 0.15) is 6.04 Å². The lowest BCUT2D eigenvalue weighted by atomic mass is 10.1. The molecule has 1 aromatic rings. The molecule has 5 nitrogen and oxygen atoms in total. The lowest BCUT2D eigenvalue weighted by Crippen LogP contribution is -2.46. The van der Waals surface area contributed by atoms with E-state index < -0.39 is 20.6 Å². The first-order valence-corrected chi connectivity index (χ1v) is 8.23. The molecule has 1 aromatic carbocycles. The van der Waals surface area contributed by atoms with Crippen molar-refractivity contribution in [2.45, 2.75) is 31.6 Å². The van der Waals surface area contributed by atoms with E-state index >= 15 is 0 Å². The highest BCUT2D eigenvalue weighted by Crippen LogP contribution is 2.15. The van der Waals surface area contributed by atoms with Gasteiger partial charge < -0.3 is 11.1 Å². The number of nitrogens with two attached hydrogens (primary N) is 1. The van der Waals surface area contributed by atoms with Gasteiger partial charge in [-0.15, -0.1) is 0 Å². The molecule has 0 radical (unpaired) electrons. The van der Waals surface area contributed by atoms with Gasteiger partial charge in [-0.05, 0) is 26.3 Å². The van der Waals surface area contributed by atoms with Crippen LogP contribution in [0.25, 0.3) is 0 Å². The standard InChI is InChI=1S/C14H22N2O3S/c1-10-5-7-11(8-6-10)12(15)13(17)16-9-14(2,3)20(4,18)19/h5-8,12H,9,15H2,1-4H3,(H,16,17). The highest BCUT2D eigenvalue weighted by Gasteiger charge is 2.31. The molecule has 1 amide bonds. The molecule has 0 fully saturated rings. The molecule has 0 aromatic heterocycles. The molecule has 1 atom stereocenters. The fourth-order valence-corrected chi connectivity index (χ4v) is 1.80. The Hall–Kier alpha value is -1.40. The van der Waals surface area contributed by atoms with Crippen LogP contribution in [-0.4, -0.2) is 31.9 Å². The quantitative estimate of drug-likeness (QED) is 0.846. The van der Waals surface area contributed by atoms with E-state index in [0.29, 0.717) is 5.56 Å². The van der Waals surface area contributed by atoms with E-state index in [-0.39, 0.29) is 12.5 Å². The smallest absolute Gasteiger partial charge is 0.241 e. The Kier molecular flexibility index (Phi) is 4.94. The second-order valence-electron chi connectivity index (χ2n) is 5.64. The van der Waals surface area contributed by atoms with Crippen molar-refractivity contribution in [2.24, 2.45) is 5.73 Å². The predicted octanol–water partition coefficient (Wildman–Crippen LogP) is 0.934. The molecule has 1 unspecified atom stereocenters. The molecule has 20 heavy (non-hydrogen) atoms. The maximum Gasteiger partial charge on any atom is 0.241 e. The summed E-state index contributed by atoms with van der Waals surface area (Å²) in [6, 6.07) is 6.54. The van der Waals surface area contributed by atoms with Crippen molar-refractivity contribution in [2.75, 3.05) is 12.8 Å². The summed E-state index contributed by atoms with van der Waals surface area (Å²) in [5, 5.41) is 2.60. The zero-order chi connectivity index (χ0) is 15.6. The third kappa shape index (κ3) is 4.05. The van der Waals surface area contributed by atoms with Crippen LogP contribution < -0.4 is 11.1 Å². The minimum absolute atomic E-state index is 0.0320. The maximum atomic E-state index is 12.0. The summed E-state index contributed by atoms with van der Waals surface area (Å²) in [5.74, 6) is -0.384. The number of hydrogen-bond acceptors (Lipinski definition) is 4. The number of rotatable bonds is 5. The molecule has 0 saturated heterocycles. The SMILES string of the molecule is Cc1ccc(C(N)C(=O)NCC(C)(C)S(C)(=O)=O)cc1. The Balaban J connectivity index is 2.70. The first kappa shape index (κ1) is 16.7. The third-order valence-electron chi connectivity index (χ3n) is 3.41. The minimum atomic E-state index is -3.25. The van der Waals surface area contributed by atoms with E-state index in [2.05, 4.69) is 5.32 Å². The first-order valence-electron chi connectivity index (χ1n) is 6.34.